The summed E-state index contributed by atoms with van der Waals surface area (Å²) >= 11 is 0. The van der Waals surface area contributed by atoms with Gasteiger partial charge in [0.15, 0.2) is 6.10 Å². The molecule has 0 aliphatic carbocycles. The number of aryl methyl sites for hydroxylation is 1. The highest BCUT2D eigenvalue weighted by molar-refractivity contribution is 5.81. The summed E-state index contributed by atoms with van der Waals surface area (Å²) in [4.78, 5) is 24.8. The lowest BCUT2D eigenvalue weighted by Crippen LogP contribution is -2.50. The van der Waals surface area contributed by atoms with Crippen LogP contribution >= 0.6 is 0 Å². The maximum Gasteiger partial charge on any atom is 0.306 e. The second-order valence-corrected chi connectivity index (χ2v) is 5.45. The number of carbonyl (C=O) groups is 2. The van der Waals surface area contributed by atoms with Crippen molar-refractivity contribution in [3.8, 4) is 5.75 Å². The molecule has 0 saturated carbocycles. The Kier molecular flexibility index (Phi) is 5.38. The number of aliphatic carboxylic acids is 1. The minimum atomic E-state index is -0.927. The van der Waals surface area contributed by atoms with Crippen molar-refractivity contribution in [2.24, 2.45) is 0 Å². The highest BCUT2D eigenvalue weighted by Gasteiger charge is 2.29. The molecule has 120 valence electrons. The topological polar surface area (TPSA) is 76.1 Å². The third kappa shape index (κ3) is 4.46. The smallest absolute Gasteiger partial charge is 0.306 e. The van der Waals surface area contributed by atoms with Crippen LogP contribution in [0.5, 0.6) is 5.75 Å². The van der Waals surface area contributed by atoms with Crippen LogP contribution in [-0.2, 0) is 14.3 Å². The van der Waals surface area contributed by atoms with E-state index in [1.165, 1.54) is 0 Å². The molecule has 0 unspecified atom stereocenters. The van der Waals surface area contributed by atoms with E-state index in [0.29, 0.717) is 18.9 Å². The van der Waals surface area contributed by atoms with Gasteiger partial charge in [0.2, 0.25) is 0 Å². The van der Waals surface area contributed by atoms with Crippen LogP contribution in [0.4, 0.5) is 0 Å². The molecule has 22 heavy (non-hydrogen) atoms. The van der Waals surface area contributed by atoms with E-state index in [0.717, 1.165) is 5.56 Å². The fraction of sp³-hybridized carbons (Fsp3) is 0.500. The van der Waals surface area contributed by atoms with E-state index in [9.17, 15) is 9.59 Å². The van der Waals surface area contributed by atoms with Crippen molar-refractivity contribution < 1.29 is 24.2 Å². The Morgan fingerprint density at radius 2 is 2.27 bits per heavy atom. The SMILES string of the molecule is Cc1cccc(O[C@H](C)C(=O)N2CCO[C@H](CC(=O)O)C2)c1. The van der Waals surface area contributed by atoms with Crippen molar-refractivity contribution in [1.29, 1.82) is 0 Å². The van der Waals surface area contributed by atoms with Crippen LogP contribution < -0.4 is 4.74 Å². The number of carboxylic acids is 1. The predicted molar refractivity (Wildman–Crippen MR) is 79.8 cm³/mol. The van der Waals surface area contributed by atoms with Crippen molar-refractivity contribution >= 4 is 11.9 Å². The van der Waals surface area contributed by atoms with E-state index < -0.39 is 18.2 Å². The normalized spacial score (nSPS) is 19.5. The van der Waals surface area contributed by atoms with Gasteiger partial charge in [-0.2, -0.15) is 0 Å². The van der Waals surface area contributed by atoms with Gasteiger partial charge in [0.25, 0.3) is 5.91 Å². The molecule has 1 aromatic carbocycles. The largest absolute Gasteiger partial charge is 0.481 e. The number of ether oxygens (including phenoxy) is 2. The molecular weight excluding hydrogens is 286 g/mol. The van der Waals surface area contributed by atoms with Crippen molar-refractivity contribution in [2.45, 2.75) is 32.5 Å². The summed E-state index contributed by atoms with van der Waals surface area (Å²) in [5.41, 5.74) is 1.06. The Morgan fingerprint density at radius 1 is 1.50 bits per heavy atom. The van der Waals surface area contributed by atoms with Crippen LogP contribution in [-0.4, -0.2) is 53.8 Å². The van der Waals surface area contributed by atoms with Gasteiger partial charge in [-0.1, -0.05) is 12.1 Å². The van der Waals surface area contributed by atoms with Crippen molar-refractivity contribution in [3.05, 3.63) is 29.8 Å². The van der Waals surface area contributed by atoms with Crippen molar-refractivity contribution in [2.75, 3.05) is 19.7 Å². The van der Waals surface area contributed by atoms with Gasteiger partial charge in [-0.05, 0) is 31.5 Å². The van der Waals surface area contributed by atoms with Gasteiger partial charge >= 0.3 is 5.97 Å². The fourth-order valence-corrected chi connectivity index (χ4v) is 2.44. The summed E-state index contributed by atoms with van der Waals surface area (Å²) in [6.45, 7) is 4.74. The maximum absolute atomic E-state index is 12.4. The van der Waals surface area contributed by atoms with E-state index in [1.54, 1.807) is 11.8 Å². The Balaban J connectivity index is 1.93. The average molecular weight is 307 g/mol. The zero-order valence-corrected chi connectivity index (χ0v) is 12.8. The Hall–Kier alpha value is -2.08. The molecule has 1 aliphatic rings. The van der Waals surface area contributed by atoms with Gasteiger partial charge in [-0.25, -0.2) is 0 Å². The van der Waals surface area contributed by atoms with Crippen LogP contribution in [0.1, 0.15) is 18.9 Å². The summed E-state index contributed by atoms with van der Waals surface area (Å²) in [6.07, 6.45) is -1.18. The number of carbonyl (C=O) groups excluding carboxylic acids is 1. The zero-order valence-electron chi connectivity index (χ0n) is 12.8. The summed E-state index contributed by atoms with van der Waals surface area (Å²) in [5, 5.41) is 8.81. The van der Waals surface area contributed by atoms with E-state index in [-0.39, 0.29) is 18.9 Å². The van der Waals surface area contributed by atoms with Crippen LogP contribution in [0.3, 0.4) is 0 Å². The number of nitrogens with zero attached hydrogens (tertiary/aromatic N) is 1. The molecule has 0 aromatic heterocycles. The molecule has 2 rings (SSSR count). The first kappa shape index (κ1) is 16.3. The minimum absolute atomic E-state index is 0.100. The molecule has 1 aromatic rings. The van der Waals surface area contributed by atoms with E-state index in [1.807, 2.05) is 31.2 Å². The van der Waals surface area contributed by atoms with Gasteiger partial charge < -0.3 is 19.5 Å². The Labute approximate surface area is 129 Å². The summed E-state index contributed by atoms with van der Waals surface area (Å²) < 4.78 is 11.0. The molecule has 1 fully saturated rings. The molecule has 2 atom stereocenters. The van der Waals surface area contributed by atoms with E-state index in [2.05, 4.69) is 0 Å². The second kappa shape index (κ2) is 7.26. The maximum atomic E-state index is 12.4. The molecule has 1 N–H and O–H groups in total. The second-order valence-electron chi connectivity index (χ2n) is 5.45. The Morgan fingerprint density at radius 3 is 2.95 bits per heavy atom. The quantitative estimate of drug-likeness (QED) is 0.891. The molecular formula is C16H21NO5. The summed E-state index contributed by atoms with van der Waals surface area (Å²) in [6, 6.07) is 7.51. The highest BCUT2D eigenvalue weighted by Crippen LogP contribution is 2.16. The number of carboxylic acid groups (broad SMARTS) is 1. The molecule has 6 nitrogen and oxygen atoms in total. The predicted octanol–water partition coefficient (Wildman–Crippen LogP) is 1.46. The lowest BCUT2D eigenvalue weighted by molar-refractivity contribution is -0.151. The van der Waals surface area contributed by atoms with Crippen LogP contribution in [0, 0.1) is 6.92 Å². The first-order chi connectivity index (χ1) is 10.5. The first-order valence-electron chi connectivity index (χ1n) is 7.31. The number of morpholine rings is 1. The average Bonchev–Trinajstić information content (AvgIpc) is 2.46. The number of amides is 1. The number of hydrogen-bond donors (Lipinski definition) is 1. The van der Waals surface area contributed by atoms with Gasteiger partial charge in [-0.3, -0.25) is 9.59 Å². The van der Waals surface area contributed by atoms with E-state index >= 15 is 0 Å². The van der Waals surface area contributed by atoms with Crippen LogP contribution in [0.2, 0.25) is 0 Å². The molecule has 1 amide bonds. The van der Waals surface area contributed by atoms with Crippen LogP contribution in [0.15, 0.2) is 24.3 Å². The lowest BCUT2D eigenvalue weighted by Gasteiger charge is -2.33. The third-order valence-electron chi connectivity index (χ3n) is 3.50. The minimum Gasteiger partial charge on any atom is -0.481 e. The Bertz CT molecular complexity index is 545. The lowest BCUT2D eigenvalue weighted by atomic mass is 10.2. The van der Waals surface area contributed by atoms with E-state index in [4.69, 9.17) is 14.6 Å². The first-order valence-corrected chi connectivity index (χ1v) is 7.31. The van der Waals surface area contributed by atoms with Gasteiger partial charge in [-0.15, -0.1) is 0 Å². The number of rotatable bonds is 5. The molecule has 1 aliphatic heterocycles. The number of benzene rings is 1. The van der Waals surface area contributed by atoms with Crippen molar-refractivity contribution in [1.82, 2.24) is 4.90 Å². The molecule has 0 bridgehead atoms. The molecule has 6 heteroatoms. The molecule has 0 spiro atoms. The molecule has 1 saturated heterocycles. The van der Waals surface area contributed by atoms with Gasteiger partial charge in [0.05, 0.1) is 19.1 Å². The summed E-state index contributed by atoms with van der Waals surface area (Å²) in [7, 11) is 0. The number of hydrogen-bond acceptors (Lipinski definition) is 4. The van der Waals surface area contributed by atoms with Crippen LogP contribution in [0.25, 0.3) is 0 Å². The van der Waals surface area contributed by atoms with Crippen molar-refractivity contribution in [3.63, 3.8) is 0 Å². The summed E-state index contributed by atoms with van der Waals surface area (Å²) in [5.74, 6) is -0.431. The monoisotopic (exact) mass is 307 g/mol. The highest BCUT2D eigenvalue weighted by atomic mass is 16.5. The molecule has 0 radical (unpaired) electrons. The molecule has 1 heterocycles. The third-order valence-corrected chi connectivity index (χ3v) is 3.50. The fourth-order valence-electron chi connectivity index (χ4n) is 2.44. The van der Waals surface area contributed by atoms with Gasteiger partial charge in [0, 0.05) is 13.1 Å². The van der Waals surface area contributed by atoms with Gasteiger partial charge in [0.1, 0.15) is 5.75 Å². The zero-order chi connectivity index (χ0) is 16.1. The standard InChI is InChI=1S/C16H21NO5/c1-11-4-3-5-13(8-11)22-12(2)16(20)17-6-7-21-14(10-17)9-15(18)19/h3-5,8,12,14H,6-7,9-10H2,1-2H3,(H,18,19)/t12-,14-/m1/s1.